The SMILES string of the molecule is CC[C@@]12CCCCc3ccc4c(c3)[C@@H](NC(=O)CC[C@@H]3COc5ccccc5[C@H]3N(C(=O)C1)C(N)=N2)[C@H](O)C4. The van der Waals surface area contributed by atoms with Crippen LogP contribution >= 0.6 is 0 Å². The van der Waals surface area contributed by atoms with Crippen molar-refractivity contribution in [1.29, 1.82) is 0 Å². The maximum Gasteiger partial charge on any atom is 0.232 e. The highest BCUT2D eigenvalue weighted by molar-refractivity contribution is 5.99. The predicted octanol–water partition coefficient (Wildman–Crippen LogP) is 3.71. The largest absolute Gasteiger partial charge is 0.493 e. The van der Waals surface area contributed by atoms with E-state index in [0.29, 0.717) is 25.9 Å². The maximum atomic E-state index is 13.8. The number of hydrogen-bond acceptors (Lipinski definition) is 6. The number of aliphatic hydroxyl groups is 1. The van der Waals surface area contributed by atoms with Crippen molar-refractivity contribution in [2.24, 2.45) is 16.6 Å². The number of aliphatic imine (C=N–C) groups is 1. The fourth-order valence-electron chi connectivity index (χ4n) is 6.99. The van der Waals surface area contributed by atoms with E-state index in [1.165, 1.54) is 5.56 Å². The van der Waals surface area contributed by atoms with Crippen molar-refractivity contribution in [1.82, 2.24) is 10.2 Å². The van der Waals surface area contributed by atoms with Crippen LogP contribution in [0.25, 0.3) is 0 Å². The molecule has 206 valence electrons. The molecular weight excluding hydrogens is 492 g/mol. The van der Waals surface area contributed by atoms with Crippen LogP contribution in [0.1, 0.15) is 86.2 Å². The van der Waals surface area contributed by atoms with Gasteiger partial charge in [-0.1, -0.05) is 49.7 Å². The molecule has 0 aromatic heterocycles. The number of para-hydroxylation sites is 1. The van der Waals surface area contributed by atoms with Gasteiger partial charge in [-0.2, -0.15) is 0 Å². The molecule has 4 bridgehead atoms. The minimum atomic E-state index is -0.637. The fraction of sp³-hybridized carbons (Fsp3) is 0.516. The zero-order valence-corrected chi connectivity index (χ0v) is 22.6. The molecule has 5 atom stereocenters. The highest BCUT2D eigenvalue weighted by atomic mass is 16.5. The fourth-order valence-corrected chi connectivity index (χ4v) is 6.99. The normalized spacial score (nSPS) is 30.8. The Morgan fingerprint density at radius 3 is 2.82 bits per heavy atom. The van der Waals surface area contributed by atoms with Crippen LogP contribution in [0.5, 0.6) is 5.75 Å². The Bertz CT molecular complexity index is 1310. The third-order valence-electron chi connectivity index (χ3n) is 9.20. The maximum absolute atomic E-state index is 13.8. The lowest BCUT2D eigenvalue weighted by Crippen LogP contribution is -2.55. The summed E-state index contributed by atoms with van der Waals surface area (Å²) in [5.41, 5.74) is 10.4. The van der Waals surface area contributed by atoms with Crippen molar-refractivity contribution in [3.8, 4) is 5.75 Å². The summed E-state index contributed by atoms with van der Waals surface area (Å²) in [6, 6.07) is 13.4. The summed E-state index contributed by atoms with van der Waals surface area (Å²) in [6.45, 7) is 2.46. The third-order valence-corrected chi connectivity index (χ3v) is 9.20. The van der Waals surface area contributed by atoms with Crippen LogP contribution < -0.4 is 15.8 Å². The second-order valence-electron chi connectivity index (χ2n) is 11.6. The number of guanidine groups is 1. The van der Waals surface area contributed by atoms with Gasteiger partial charge in [-0.15, -0.1) is 0 Å². The van der Waals surface area contributed by atoms with Crippen molar-refractivity contribution >= 4 is 17.8 Å². The van der Waals surface area contributed by atoms with Gasteiger partial charge in [-0.3, -0.25) is 14.5 Å². The van der Waals surface area contributed by atoms with Crippen molar-refractivity contribution in [2.45, 2.75) is 88.4 Å². The molecule has 2 aromatic carbocycles. The average molecular weight is 531 g/mol. The molecule has 8 nitrogen and oxygen atoms in total. The molecule has 8 heteroatoms. The summed E-state index contributed by atoms with van der Waals surface area (Å²) in [5, 5.41) is 13.9. The number of fused-ring (bicyclic) bond motifs is 8. The van der Waals surface area contributed by atoms with Crippen molar-refractivity contribution in [3.63, 3.8) is 0 Å². The lowest BCUT2D eigenvalue weighted by molar-refractivity contribution is -0.133. The molecule has 39 heavy (non-hydrogen) atoms. The molecule has 4 heterocycles. The first-order chi connectivity index (χ1) is 18.9. The molecule has 7 rings (SSSR count). The van der Waals surface area contributed by atoms with Crippen LogP contribution in [0.2, 0.25) is 0 Å². The number of aryl methyl sites for hydroxylation is 1. The second kappa shape index (κ2) is 10.3. The highest BCUT2D eigenvalue weighted by Crippen LogP contribution is 2.44. The topological polar surface area (TPSA) is 117 Å². The highest BCUT2D eigenvalue weighted by Gasteiger charge is 2.45. The number of aliphatic hydroxyl groups excluding tert-OH is 1. The van der Waals surface area contributed by atoms with Gasteiger partial charge in [-0.25, -0.2) is 4.99 Å². The monoisotopic (exact) mass is 530 g/mol. The average Bonchev–Trinajstić information content (AvgIpc) is 3.23. The van der Waals surface area contributed by atoms with Gasteiger partial charge in [0.25, 0.3) is 0 Å². The number of carbonyl (C=O) groups is 2. The summed E-state index contributed by atoms with van der Waals surface area (Å²) in [7, 11) is 0. The Kier molecular flexibility index (Phi) is 6.83. The Morgan fingerprint density at radius 2 is 2.00 bits per heavy atom. The molecule has 0 spiro atoms. The van der Waals surface area contributed by atoms with Crippen LogP contribution in [0.3, 0.4) is 0 Å². The first kappa shape index (κ1) is 25.9. The number of carbonyl (C=O) groups excluding carboxylic acids is 2. The zero-order valence-electron chi connectivity index (χ0n) is 22.6. The predicted molar refractivity (Wildman–Crippen MR) is 148 cm³/mol. The zero-order chi connectivity index (χ0) is 27.1. The van der Waals surface area contributed by atoms with Crippen molar-refractivity contribution < 1.29 is 19.4 Å². The van der Waals surface area contributed by atoms with Gasteiger partial charge >= 0.3 is 0 Å². The Morgan fingerprint density at radius 1 is 1.15 bits per heavy atom. The van der Waals surface area contributed by atoms with Crippen molar-refractivity contribution in [3.05, 3.63) is 64.7 Å². The smallest absolute Gasteiger partial charge is 0.232 e. The van der Waals surface area contributed by atoms with E-state index in [1.807, 2.05) is 24.3 Å². The summed E-state index contributed by atoms with van der Waals surface area (Å²) >= 11 is 0. The molecule has 4 N–H and O–H groups in total. The van der Waals surface area contributed by atoms with Gasteiger partial charge in [-0.05, 0) is 54.9 Å². The summed E-state index contributed by atoms with van der Waals surface area (Å²) in [6.07, 6.45) is 5.34. The molecule has 4 aliphatic heterocycles. The van der Waals surface area contributed by atoms with Crippen LogP contribution in [0.15, 0.2) is 47.5 Å². The minimum absolute atomic E-state index is 0.0177. The number of hydrogen-bond donors (Lipinski definition) is 3. The number of rotatable bonds is 1. The number of nitrogens with zero attached hydrogens (tertiary/aromatic N) is 2. The molecule has 0 fully saturated rings. The van der Waals surface area contributed by atoms with Gasteiger partial charge in [0.2, 0.25) is 11.8 Å². The number of ether oxygens (including phenoxy) is 1. The van der Waals surface area contributed by atoms with E-state index in [2.05, 4.69) is 30.4 Å². The summed E-state index contributed by atoms with van der Waals surface area (Å²) in [5.74, 6) is 0.728. The Balaban J connectivity index is 1.37. The van der Waals surface area contributed by atoms with E-state index in [9.17, 15) is 14.7 Å². The van der Waals surface area contributed by atoms with Gasteiger partial charge in [0.05, 0.1) is 36.8 Å². The standard InChI is InChI=1S/C31H38N4O4/c1-2-31-14-6-5-7-19-10-11-20-16-24(36)28(23(20)15-19)33-26(37)13-12-21-18-39-25-9-4-3-8-22(25)29(21)35(27(38)17-31)30(32)34-31/h3-4,8-11,15,21,24,28-29,36H,2,5-7,12-14,16-18H2,1H3,(H2,32,34)(H,33,37)/t21-,24-,28-,29+,31-/m1/s1. The first-order valence-electron chi connectivity index (χ1n) is 14.4. The first-order valence-corrected chi connectivity index (χ1v) is 14.4. The molecule has 2 amide bonds. The van der Waals surface area contributed by atoms with Gasteiger partial charge in [0.15, 0.2) is 5.96 Å². The minimum Gasteiger partial charge on any atom is -0.493 e. The molecule has 2 aromatic rings. The molecular formula is C31H38N4O4. The number of benzene rings is 2. The number of nitrogens with two attached hydrogens (primary N) is 1. The van der Waals surface area contributed by atoms with Gasteiger partial charge in [0.1, 0.15) is 5.75 Å². The van der Waals surface area contributed by atoms with E-state index in [-0.39, 0.29) is 36.2 Å². The summed E-state index contributed by atoms with van der Waals surface area (Å²) < 4.78 is 6.09. The lowest BCUT2D eigenvalue weighted by Gasteiger charge is -2.44. The molecule has 5 aliphatic rings. The molecule has 0 unspecified atom stereocenters. The second-order valence-corrected chi connectivity index (χ2v) is 11.6. The number of amides is 2. The van der Waals surface area contributed by atoms with Crippen molar-refractivity contribution in [2.75, 3.05) is 6.61 Å². The Labute approximate surface area is 229 Å². The van der Waals surface area contributed by atoms with E-state index in [0.717, 1.165) is 54.5 Å². The van der Waals surface area contributed by atoms with Crippen LogP contribution in [-0.4, -0.2) is 46.0 Å². The van der Waals surface area contributed by atoms with Gasteiger partial charge < -0.3 is 20.9 Å². The third kappa shape index (κ3) is 4.80. The molecule has 0 saturated carbocycles. The Hall–Kier alpha value is -3.39. The van der Waals surface area contributed by atoms with Crippen LogP contribution in [-0.2, 0) is 22.4 Å². The van der Waals surface area contributed by atoms with Gasteiger partial charge in [0, 0.05) is 24.3 Å². The molecule has 1 aliphatic carbocycles. The van der Waals surface area contributed by atoms with E-state index in [4.69, 9.17) is 15.5 Å². The lowest BCUT2D eigenvalue weighted by atomic mass is 9.82. The van der Waals surface area contributed by atoms with E-state index >= 15 is 0 Å². The van der Waals surface area contributed by atoms with Crippen LogP contribution in [0, 0.1) is 5.92 Å². The molecule has 0 radical (unpaired) electrons. The number of nitrogens with one attached hydrogen (secondary N) is 1. The molecule has 0 saturated heterocycles. The van der Waals surface area contributed by atoms with E-state index < -0.39 is 17.7 Å². The quantitative estimate of drug-likeness (QED) is 0.520. The van der Waals surface area contributed by atoms with E-state index in [1.54, 1.807) is 4.90 Å². The van der Waals surface area contributed by atoms with Crippen LogP contribution in [0.4, 0.5) is 0 Å². The summed E-state index contributed by atoms with van der Waals surface area (Å²) in [4.78, 5) is 33.7.